The Balaban J connectivity index is 2.28. The lowest BCUT2D eigenvalue weighted by molar-refractivity contribution is 0.111. The van der Waals surface area contributed by atoms with E-state index in [9.17, 15) is 4.79 Å². The van der Waals surface area contributed by atoms with Gasteiger partial charge in [-0.15, -0.1) is 11.3 Å². The summed E-state index contributed by atoms with van der Waals surface area (Å²) in [4.78, 5) is 12.5. The SMILES string of the molecule is CCc1ccc2cc(-c3ccc(Cl)s3)c(C=O)n2c1. The fraction of sp³-hybridized carbons (Fsp3) is 0.133. The molecule has 0 atom stereocenters. The number of carbonyl (C=O) groups is 1. The van der Waals surface area contributed by atoms with Crippen molar-refractivity contribution in [2.45, 2.75) is 13.3 Å². The van der Waals surface area contributed by atoms with Gasteiger partial charge in [0, 0.05) is 22.2 Å². The second kappa shape index (κ2) is 4.83. The lowest BCUT2D eigenvalue weighted by atomic mass is 10.2. The molecule has 96 valence electrons. The smallest absolute Gasteiger partial charge is 0.167 e. The number of aryl methyl sites for hydroxylation is 1. The van der Waals surface area contributed by atoms with Crippen molar-refractivity contribution in [1.82, 2.24) is 4.40 Å². The largest absolute Gasteiger partial charge is 0.313 e. The second-order valence-electron chi connectivity index (χ2n) is 4.35. The molecule has 0 saturated carbocycles. The van der Waals surface area contributed by atoms with Crippen LogP contribution in [-0.2, 0) is 6.42 Å². The molecule has 3 aromatic rings. The Bertz CT molecular complexity index is 757. The third kappa shape index (κ3) is 2.09. The Morgan fingerprint density at radius 3 is 2.79 bits per heavy atom. The van der Waals surface area contributed by atoms with Crippen LogP contribution in [0.25, 0.3) is 16.0 Å². The van der Waals surface area contributed by atoms with E-state index in [4.69, 9.17) is 11.6 Å². The number of rotatable bonds is 3. The first-order valence-electron chi connectivity index (χ1n) is 6.08. The highest BCUT2D eigenvalue weighted by Crippen LogP contribution is 2.34. The molecule has 0 unspecified atom stereocenters. The van der Waals surface area contributed by atoms with Gasteiger partial charge in [-0.05, 0) is 36.2 Å². The lowest BCUT2D eigenvalue weighted by Gasteiger charge is -2.01. The number of aldehydes is 1. The number of carbonyl (C=O) groups excluding carboxylic acids is 1. The maximum Gasteiger partial charge on any atom is 0.167 e. The van der Waals surface area contributed by atoms with Crippen LogP contribution < -0.4 is 0 Å². The molecule has 0 fully saturated rings. The van der Waals surface area contributed by atoms with Gasteiger partial charge in [-0.2, -0.15) is 0 Å². The lowest BCUT2D eigenvalue weighted by Crippen LogP contribution is -1.93. The van der Waals surface area contributed by atoms with Crippen molar-refractivity contribution in [3.8, 4) is 10.4 Å². The molecular weight excluding hydrogens is 278 g/mol. The highest BCUT2D eigenvalue weighted by atomic mass is 35.5. The summed E-state index contributed by atoms with van der Waals surface area (Å²) in [5, 5.41) is 0. The van der Waals surface area contributed by atoms with Crippen LogP contribution in [0.3, 0.4) is 0 Å². The van der Waals surface area contributed by atoms with Crippen LogP contribution in [-0.4, -0.2) is 10.7 Å². The zero-order valence-corrected chi connectivity index (χ0v) is 12.0. The zero-order valence-electron chi connectivity index (χ0n) is 10.4. The van der Waals surface area contributed by atoms with E-state index in [1.54, 1.807) is 0 Å². The molecule has 19 heavy (non-hydrogen) atoms. The molecule has 0 radical (unpaired) electrons. The normalized spacial score (nSPS) is 11.1. The van der Waals surface area contributed by atoms with Gasteiger partial charge in [-0.25, -0.2) is 0 Å². The third-order valence-corrected chi connectivity index (χ3v) is 4.49. The van der Waals surface area contributed by atoms with Crippen LogP contribution in [0, 0.1) is 0 Å². The van der Waals surface area contributed by atoms with E-state index < -0.39 is 0 Å². The van der Waals surface area contributed by atoms with Crippen LogP contribution in [0.5, 0.6) is 0 Å². The zero-order chi connectivity index (χ0) is 13.4. The van der Waals surface area contributed by atoms with Crippen LogP contribution in [0.4, 0.5) is 0 Å². The highest BCUT2D eigenvalue weighted by molar-refractivity contribution is 7.19. The molecule has 0 aliphatic heterocycles. The minimum atomic E-state index is 0.684. The van der Waals surface area contributed by atoms with Gasteiger partial charge in [0.1, 0.15) is 0 Å². The van der Waals surface area contributed by atoms with E-state index in [2.05, 4.69) is 13.0 Å². The summed E-state index contributed by atoms with van der Waals surface area (Å²) < 4.78 is 2.69. The Morgan fingerprint density at radius 2 is 2.16 bits per heavy atom. The van der Waals surface area contributed by atoms with E-state index in [1.807, 2.05) is 34.9 Å². The molecule has 0 aliphatic rings. The third-order valence-electron chi connectivity index (χ3n) is 3.23. The van der Waals surface area contributed by atoms with Gasteiger partial charge in [0.05, 0.1) is 10.0 Å². The predicted octanol–water partition coefficient (Wildman–Crippen LogP) is 4.70. The molecule has 4 heteroatoms. The number of hydrogen-bond acceptors (Lipinski definition) is 2. The van der Waals surface area contributed by atoms with Crippen LogP contribution in [0.1, 0.15) is 23.0 Å². The highest BCUT2D eigenvalue weighted by Gasteiger charge is 2.13. The monoisotopic (exact) mass is 289 g/mol. The molecule has 0 aromatic carbocycles. The Kier molecular flexibility index (Phi) is 3.17. The number of thiophene rings is 1. The number of hydrogen-bond donors (Lipinski definition) is 0. The van der Waals surface area contributed by atoms with Crippen molar-refractivity contribution in [2.24, 2.45) is 0 Å². The second-order valence-corrected chi connectivity index (χ2v) is 6.07. The fourth-order valence-corrected chi connectivity index (χ4v) is 3.29. The number of halogens is 1. The standard InChI is InChI=1S/C15H12ClNOS/c1-2-10-3-4-11-7-12(13(9-18)17(11)8-10)14-5-6-15(16)19-14/h3-9H,2H2,1H3. The maximum absolute atomic E-state index is 11.4. The molecule has 3 rings (SSSR count). The van der Waals surface area contributed by atoms with Crippen LogP contribution >= 0.6 is 22.9 Å². The number of aromatic nitrogens is 1. The molecule has 0 amide bonds. The molecule has 0 N–H and O–H groups in total. The van der Waals surface area contributed by atoms with Gasteiger partial charge in [-0.1, -0.05) is 24.6 Å². The van der Waals surface area contributed by atoms with Crippen molar-refractivity contribution >= 4 is 34.7 Å². The number of pyridine rings is 1. The fourth-order valence-electron chi connectivity index (χ4n) is 2.22. The molecule has 0 spiro atoms. The average Bonchev–Trinajstić information content (AvgIpc) is 3.00. The minimum absolute atomic E-state index is 0.684. The number of fused-ring (bicyclic) bond motifs is 1. The molecule has 2 nitrogen and oxygen atoms in total. The van der Waals surface area contributed by atoms with E-state index in [0.29, 0.717) is 5.69 Å². The summed E-state index contributed by atoms with van der Waals surface area (Å²) in [6.45, 7) is 2.10. The average molecular weight is 290 g/mol. The molecule has 3 heterocycles. The molecule has 3 aromatic heterocycles. The molecule has 0 bridgehead atoms. The Labute approximate surface area is 120 Å². The first kappa shape index (κ1) is 12.5. The van der Waals surface area contributed by atoms with Crippen molar-refractivity contribution < 1.29 is 4.79 Å². The topological polar surface area (TPSA) is 21.5 Å². The predicted molar refractivity (Wildman–Crippen MR) is 80.5 cm³/mol. The first-order chi connectivity index (χ1) is 9.22. The van der Waals surface area contributed by atoms with Gasteiger partial charge >= 0.3 is 0 Å². The summed E-state index contributed by atoms with van der Waals surface area (Å²) in [6.07, 6.45) is 3.89. The minimum Gasteiger partial charge on any atom is -0.313 e. The van der Waals surface area contributed by atoms with Crippen molar-refractivity contribution in [1.29, 1.82) is 0 Å². The van der Waals surface area contributed by atoms with Crippen LogP contribution in [0.15, 0.2) is 36.5 Å². The van der Waals surface area contributed by atoms with Gasteiger partial charge < -0.3 is 4.40 Å². The van der Waals surface area contributed by atoms with Crippen molar-refractivity contribution in [2.75, 3.05) is 0 Å². The molecule has 0 saturated heterocycles. The van der Waals surface area contributed by atoms with Crippen LogP contribution in [0.2, 0.25) is 4.34 Å². The van der Waals surface area contributed by atoms with Gasteiger partial charge in [0.25, 0.3) is 0 Å². The molecular formula is C15H12ClNOS. The Hall–Kier alpha value is -1.58. The van der Waals surface area contributed by atoms with Gasteiger partial charge in [0.15, 0.2) is 6.29 Å². The first-order valence-corrected chi connectivity index (χ1v) is 7.27. The van der Waals surface area contributed by atoms with E-state index >= 15 is 0 Å². The summed E-state index contributed by atoms with van der Waals surface area (Å²) in [7, 11) is 0. The maximum atomic E-state index is 11.4. The van der Waals surface area contributed by atoms with E-state index in [0.717, 1.165) is 33.0 Å². The quantitative estimate of drug-likeness (QED) is 0.641. The summed E-state index contributed by atoms with van der Waals surface area (Å²) in [6, 6.07) is 9.98. The van der Waals surface area contributed by atoms with Crippen molar-refractivity contribution in [3.63, 3.8) is 0 Å². The Morgan fingerprint density at radius 1 is 1.32 bits per heavy atom. The van der Waals surface area contributed by atoms with Crippen molar-refractivity contribution in [3.05, 3.63) is 52.1 Å². The summed E-state index contributed by atoms with van der Waals surface area (Å²) >= 11 is 7.46. The van der Waals surface area contributed by atoms with Gasteiger partial charge in [-0.3, -0.25) is 4.79 Å². The van der Waals surface area contributed by atoms with Gasteiger partial charge in [0.2, 0.25) is 0 Å². The van der Waals surface area contributed by atoms with E-state index in [1.165, 1.54) is 16.9 Å². The van der Waals surface area contributed by atoms with E-state index in [-0.39, 0.29) is 0 Å². The number of nitrogens with zero attached hydrogens (tertiary/aromatic N) is 1. The molecule has 0 aliphatic carbocycles. The summed E-state index contributed by atoms with van der Waals surface area (Å²) in [5.41, 5.74) is 3.87. The summed E-state index contributed by atoms with van der Waals surface area (Å²) in [5.74, 6) is 0.